The summed E-state index contributed by atoms with van der Waals surface area (Å²) in [4.78, 5) is 21.6. The number of carbonyl (C=O) groups is 1. The minimum atomic E-state index is -0.617. The lowest BCUT2D eigenvalue weighted by molar-refractivity contribution is 0.0825. The number of nitrogens with zero attached hydrogens (tertiary/aromatic N) is 4. The number of nitrogens with two attached hydrogens (primary N) is 1. The summed E-state index contributed by atoms with van der Waals surface area (Å²) in [6, 6.07) is 11.9. The number of amides is 1. The molecule has 35 heavy (non-hydrogen) atoms. The van der Waals surface area contributed by atoms with Crippen molar-refractivity contribution in [1.82, 2.24) is 15.6 Å². The third-order valence-electron chi connectivity index (χ3n) is 6.81. The number of hydrogen-bond donors (Lipinski definition) is 3. The molecule has 5 rings (SSSR count). The summed E-state index contributed by atoms with van der Waals surface area (Å²) in [5.74, 6) is -0.347. The molecule has 0 bridgehead atoms. The Morgan fingerprint density at radius 3 is 2.83 bits per heavy atom. The smallest absolute Gasteiger partial charge is 0.255 e. The van der Waals surface area contributed by atoms with Gasteiger partial charge in [0.1, 0.15) is 29.7 Å². The van der Waals surface area contributed by atoms with E-state index in [-0.39, 0.29) is 24.1 Å². The number of aliphatic imine (C=N–C) groups is 2. The van der Waals surface area contributed by atoms with E-state index in [9.17, 15) is 9.18 Å². The first-order valence-corrected chi connectivity index (χ1v) is 11.6. The van der Waals surface area contributed by atoms with Crippen LogP contribution in [-0.4, -0.2) is 60.7 Å². The van der Waals surface area contributed by atoms with Gasteiger partial charge in [-0.25, -0.2) is 14.4 Å². The Balaban J connectivity index is 1.34. The zero-order chi connectivity index (χ0) is 24.6. The molecule has 1 amide bonds. The van der Waals surface area contributed by atoms with E-state index in [2.05, 4.69) is 27.6 Å². The highest BCUT2D eigenvalue weighted by Crippen LogP contribution is 2.40. The minimum Gasteiger partial charge on any atom is -0.496 e. The van der Waals surface area contributed by atoms with Crippen molar-refractivity contribution in [2.24, 2.45) is 26.7 Å². The number of ether oxygens (including phenoxy) is 1. The molecule has 0 radical (unpaired) electrons. The van der Waals surface area contributed by atoms with E-state index in [1.54, 1.807) is 0 Å². The third kappa shape index (κ3) is 4.14. The molecule has 2 aromatic rings. The highest BCUT2D eigenvalue weighted by atomic mass is 19.1. The van der Waals surface area contributed by atoms with Gasteiger partial charge in [0.15, 0.2) is 5.66 Å². The van der Waals surface area contributed by atoms with Gasteiger partial charge in [-0.05, 0) is 49.2 Å². The predicted molar refractivity (Wildman–Crippen MR) is 132 cm³/mol. The van der Waals surface area contributed by atoms with Crippen LogP contribution >= 0.6 is 0 Å². The van der Waals surface area contributed by atoms with Crippen LogP contribution in [0.1, 0.15) is 34.8 Å². The van der Waals surface area contributed by atoms with Crippen LogP contribution in [0.5, 0.6) is 5.75 Å². The van der Waals surface area contributed by atoms with Crippen LogP contribution < -0.4 is 21.1 Å². The molecule has 1 saturated heterocycles. The number of benzene rings is 2. The largest absolute Gasteiger partial charge is 0.496 e. The fraction of sp³-hybridized carbons (Fsp3) is 0.360. The maximum absolute atomic E-state index is 13.6. The van der Waals surface area contributed by atoms with E-state index in [0.717, 1.165) is 42.4 Å². The second-order valence-corrected chi connectivity index (χ2v) is 9.03. The number of rotatable bonds is 6. The Morgan fingerprint density at radius 1 is 1.31 bits per heavy atom. The molecule has 3 atom stereocenters. The lowest BCUT2D eigenvalue weighted by Crippen LogP contribution is -2.54. The lowest BCUT2D eigenvalue weighted by Gasteiger charge is -2.39. The van der Waals surface area contributed by atoms with Crippen LogP contribution in [0.2, 0.25) is 0 Å². The van der Waals surface area contributed by atoms with E-state index in [0.29, 0.717) is 11.6 Å². The summed E-state index contributed by atoms with van der Waals surface area (Å²) < 4.78 is 18.8. The summed E-state index contributed by atoms with van der Waals surface area (Å²) in [6.07, 6.45) is 2.51. The molecule has 1 fully saturated rings. The van der Waals surface area contributed by atoms with E-state index >= 15 is 0 Å². The maximum atomic E-state index is 13.6. The molecule has 3 aliphatic heterocycles. The molecular formula is C25H28FN7O2. The van der Waals surface area contributed by atoms with Crippen molar-refractivity contribution in [1.29, 1.82) is 0 Å². The van der Waals surface area contributed by atoms with Gasteiger partial charge in [-0.2, -0.15) is 5.10 Å². The molecule has 3 unspecified atom stereocenters. The Labute approximate surface area is 203 Å². The Morgan fingerprint density at radius 2 is 2.11 bits per heavy atom. The fourth-order valence-electron chi connectivity index (χ4n) is 4.96. The normalized spacial score (nSPS) is 25.2. The summed E-state index contributed by atoms with van der Waals surface area (Å²) in [5.41, 5.74) is 8.52. The van der Waals surface area contributed by atoms with Crippen LogP contribution in [0, 0.1) is 11.7 Å². The summed E-state index contributed by atoms with van der Waals surface area (Å²) in [7, 11) is 1.44. The van der Waals surface area contributed by atoms with Gasteiger partial charge >= 0.3 is 0 Å². The molecule has 0 aliphatic carbocycles. The second-order valence-electron chi connectivity index (χ2n) is 9.03. The number of hydrogen-bond acceptors (Lipinski definition) is 8. The van der Waals surface area contributed by atoms with Crippen molar-refractivity contribution < 1.29 is 13.9 Å². The molecule has 0 spiro atoms. The zero-order valence-corrected chi connectivity index (χ0v) is 19.7. The lowest BCUT2D eigenvalue weighted by atomic mass is 9.85. The van der Waals surface area contributed by atoms with Crippen LogP contribution in [0.15, 0.2) is 57.6 Å². The number of carbonyl (C=O) groups excluding carboxylic acids is 1. The highest BCUT2D eigenvalue weighted by molar-refractivity contribution is 6.17. The van der Waals surface area contributed by atoms with Gasteiger partial charge in [-0.15, -0.1) is 0 Å². The van der Waals surface area contributed by atoms with Gasteiger partial charge < -0.3 is 21.1 Å². The SMILES string of the molecule is COc1ccc(F)cc1C(=O)NCc1ccc(C2=NN(C3CCNC3)C3(C)N=CN=C(N)C23)cc1. The first-order valence-electron chi connectivity index (χ1n) is 11.6. The number of fused-ring (bicyclic) bond motifs is 1. The van der Waals surface area contributed by atoms with Crippen molar-refractivity contribution in [3.8, 4) is 5.75 Å². The van der Waals surface area contributed by atoms with Crippen molar-refractivity contribution in [2.75, 3.05) is 20.2 Å². The van der Waals surface area contributed by atoms with Crippen LogP contribution in [-0.2, 0) is 6.54 Å². The monoisotopic (exact) mass is 477 g/mol. The molecular weight excluding hydrogens is 449 g/mol. The van der Waals surface area contributed by atoms with Gasteiger partial charge in [-0.3, -0.25) is 9.80 Å². The average molecular weight is 478 g/mol. The maximum Gasteiger partial charge on any atom is 0.255 e. The van der Waals surface area contributed by atoms with Gasteiger partial charge in [-0.1, -0.05) is 24.3 Å². The standard InChI is InChI=1S/C25H28FN7O2/c1-25-21(23(27)30-14-31-25)22(32-33(25)18-9-10-28-13-18)16-5-3-15(4-6-16)12-29-24(34)19-11-17(26)7-8-20(19)35-2/h3-8,11,14,18,21,28H,9-10,12-13H2,1-2H3,(H,29,34)(H2,27,30,31). The number of halogens is 1. The number of methoxy groups -OCH3 is 1. The first kappa shape index (κ1) is 23.0. The molecule has 0 aromatic heterocycles. The molecule has 182 valence electrons. The number of hydrazone groups is 1. The Bertz CT molecular complexity index is 1220. The molecule has 3 aliphatic rings. The van der Waals surface area contributed by atoms with Crippen molar-refractivity contribution in [3.05, 3.63) is 65.0 Å². The molecule has 0 saturated carbocycles. The number of nitrogens with one attached hydrogen (secondary N) is 2. The van der Waals surface area contributed by atoms with Crippen molar-refractivity contribution in [2.45, 2.75) is 31.6 Å². The second kappa shape index (κ2) is 9.10. The van der Waals surface area contributed by atoms with E-state index in [4.69, 9.17) is 20.6 Å². The zero-order valence-electron chi connectivity index (χ0n) is 19.7. The molecule has 3 heterocycles. The highest BCUT2D eigenvalue weighted by Gasteiger charge is 2.53. The van der Waals surface area contributed by atoms with Crippen LogP contribution in [0.3, 0.4) is 0 Å². The third-order valence-corrected chi connectivity index (χ3v) is 6.81. The molecule has 9 nitrogen and oxygen atoms in total. The molecule has 4 N–H and O–H groups in total. The van der Waals surface area contributed by atoms with Crippen LogP contribution in [0.4, 0.5) is 4.39 Å². The number of amidine groups is 1. The molecule has 10 heteroatoms. The quantitative estimate of drug-likeness (QED) is 0.587. The van der Waals surface area contributed by atoms with Gasteiger partial charge in [0.2, 0.25) is 0 Å². The van der Waals surface area contributed by atoms with E-state index in [1.807, 2.05) is 24.3 Å². The Hall–Kier alpha value is -3.79. The van der Waals surface area contributed by atoms with Crippen molar-refractivity contribution >= 4 is 23.8 Å². The van der Waals surface area contributed by atoms with Crippen molar-refractivity contribution in [3.63, 3.8) is 0 Å². The van der Waals surface area contributed by atoms with E-state index < -0.39 is 17.4 Å². The Kier molecular flexibility index (Phi) is 5.98. The van der Waals surface area contributed by atoms with E-state index in [1.165, 1.54) is 25.6 Å². The topological polar surface area (TPSA) is 117 Å². The van der Waals surface area contributed by atoms with Gasteiger partial charge in [0.05, 0.1) is 24.4 Å². The summed E-state index contributed by atoms with van der Waals surface area (Å²) >= 11 is 0. The average Bonchev–Trinajstić information content (AvgIpc) is 3.49. The first-order chi connectivity index (χ1) is 16.9. The molecule has 2 aromatic carbocycles. The fourth-order valence-corrected chi connectivity index (χ4v) is 4.96. The minimum absolute atomic E-state index is 0.151. The van der Waals surface area contributed by atoms with Crippen LogP contribution in [0.25, 0.3) is 0 Å². The van der Waals surface area contributed by atoms with Gasteiger partial charge in [0.25, 0.3) is 5.91 Å². The summed E-state index contributed by atoms with van der Waals surface area (Å²) in [6.45, 7) is 4.12. The summed E-state index contributed by atoms with van der Waals surface area (Å²) in [5, 5.41) is 13.3. The predicted octanol–water partition coefficient (Wildman–Crippen LogP) is 1.88. The van der Waals surface area contributed by atoms with Gasteiger partial charge in [0, 0.05) is 13.1 Å².